The molecule has 3 aromatic rings. The molecule has 3 rings (SSSR count). The van der Waals surface area contributed by atoms with Crippen molar-refractivity contribution in [1.29, 1.82) is 0 Å². The number of Topliss-reactive ketones (excluding diaryl/α,β-unsaturated/α-hetero) is 1. The van der Waals surface area contributed by atoms with Gasteiger partial charge in [-0.25, -0.2) is 4.39 Å². The summed E-state index contributed by atoms with van der Waals surface area (Å²) in [6, 6.07) is 15.2. The van der Waals surface area contributed by atoms with Crippen molar-refractivity contribution in [3.05, 3.63) is 77.4 Å². The van der Waals surface area contributed by atoms with Gasteiger partial charge in [0.25, 0.3) is 0 Å². The second kappa shape index (κ2) is 8.08. The van der Waals surface area contributed by atoms with E-state index in [4.69, 9.17) is 0 Å². The van der Waals surface area contributed by atoms with Crippen molar-refractivity contribution in [3.8, 4) is 5.69 Å². The molecule has 5 nitrogen and oxygen atoms in total. The molecule has 1 aromatic heterocycles. The highest BCUT2D eigenvalue weighted by molar-refractivity contribution is 6.00. The number of halogens is 1. The fourth-order valence-corrected chi connectivity index (χ4v) is 3.22. The predicted molar refractivity (Wildman–Crippen MR) is 109 cm³/mol. The first-order chi connectivity index (χ1) is 13.3. The molecule has 0 radical (unpaired) electrons. The summed E-state index contributed by atoms with van der Waals surface area (Å²) in [7, 11) is 0. The molecular weight excluding hydrogens is 357 g/mol. The highest BCUT2D eigenvalue weighted by Crippen LogP contribution is 2.22. The molecule has 0 saturated carbocycles. The average Bonchev–Trinajstić information content (AvgIpc) is 2.95. The highest BCUT2D eigenvalue weighted by atomic mass is 19.1. The number of aryl methyl sites for hydroxylation is 1. The first-order valence-corrected chi connectivity index (χ1v) is 8.95. The Hall–Kier alpha value is -3.41. The van der Waals surface area contributed by atoms with E-state index in [2.05, 4.69) is 10.6 Å². The topological polar surface area (TPSA) is 63.1 Å². The first-order valence-electron chi connectivity index (χ1n) is 8.95. The van der Waals surface area contributed by atoms with Gasteiger partial charge < -0.3 is 15.2 Å². The normalized spacial score (nSPS) is 10.6. The van der Waals surface area contributed by atoms with Crippen LogP contribution in [0.1, 0.15) is 28.7 Å². The van der Waals surface area contributed by atoms with Crippen molar-refractivity contribution in [1.82, 2.24) is 4.57 Å². The summed E-state index contributed by atoms with van der Waals surface area (Å²) in [5.41, 5.74) is 4.55. The zero-order chi connectivity index (χ0) is 20.3. The van der Waals surface area contributed by atoms with Gasteiger partial charge >= 0.3 is 0 Å². The molecule has 1 heterocycles. The van der Waals surface area contributed by atoms with E-state index in [1.165, 1.54) is 19.1 Å². The lowest BCUT2D eigenvalue weighted by Gasteiger charge is -2.10. The Balaban J connectivity index is 1.76. The summed E-state index contributed by atoms with van der Waals surface area (Å²) in [6.45, 7) is 5.36. The smallest absolute Gasteiger partial charge is 0.221 e. The van der Waals surface area contributed by atoms with Crippen molar-refractivity contribution < 1.29 is 14.0 Å². The van der Waals surface area contributed by atoms with E-state index in [1.54, 1.807) is 30.3 Å². The van der Waals surface area contributed by atoms with E-state index in [0.29, 0.717) is 11.3 Å². The quantitative estimate of drug-likeness (QED) is 0.621. The van der Waals surface area contributed by atoms with Gasteiger partial charge in [0.1, 0.15) is 5.82 Å². The number of anilines is 2. The van der Waals surface area contributed by atoms with E-state index in [0.717, 1.165) is 22.8 Å². The van der Waals surface area contributed by atoms with Crippen LogP contribution in [0.25, 0.3) is 5.69 Å². The number of hydrogen-bond acceptors (Lipinski definition) is 3. The molecule has 28 heavy (non-hydrogen) atoms. The number of hydrogen-bond donors (Lipinski definition) is 2. The van der Waals surface area contributed by atoms with Gasteiger partial charge in [0.15, 0.2) is 5.78 Å². The Kier molecular flexibility index (Phi) is 5.59. The van der Waals surface area contributed by atoms with Gasteiger partial charge in [-0.2, -0.15) is 0 Å². The van der Waals surface area contributed by atoms with E-state index in [-0.39, 0.29) is 24.1 Å². The molecule has 0 unspecified atom stereocenters. The molecule has 0 aliphatic carbocycles. The van der Waals surface area contributed by atoms with Crippen LogP contribution in [0, 0.1) is 19.7 Å². The zero-order valence-electron chi connectivity index (χ0n) is 16.0. The third-order valence-corrected chi connectivity index (χ3v) is 4.45. The summed E-state index contributed by atoms with van der Waals surface area (Å²) in [4.78, 5) is 23.9. The van der Waals surface area contributed by atoms with E-state index < -0.39 is 0 Å². The Labute approximate surface area is 163 Å². The maximum Gasteiger partial charge on any atom is 0.221 e. The predicted octanol–water partition coefficient (Wildman–Crippen LogP) is 4.49. The van der Waals surface area contributed by atoms with Crippen molar-refractivity contribution in [2.24, 2.45) is 0 Å². The minimum Gasteiger partial charge on any atom is -0.378 e. The van der Waals surface area contributed by atoms with Crippen LogP contribution in [-0.4, -0.2) is 22.8 Å². The van der Waals surface area contributed by atoms with Gasteiger partial charge in [0.2, 0.25) is 5.91 Å². The van der Waals surface area contributed by atoms with Gasteiger partial charge in [0.05, 0.1) is 6.54 Å². The molecule has 6 heteroatoms. The second-order valence-corrected chi connectivity index (χ2v) is 6.64. The SMILES string of the molecule is CC(=O)Nc1cccc(NCC(=O)c2cc(C)n(-c3ccc(F)cc3)c2C)c1. The Bertz CT molecular complexity index is 1020. The summed E-state index contributed by atoms with van der Waals surface area (Å²) < 4.78 is 15.1. The molecule has 0 fully saturated rings. The minimum absolute atomic E-state index is 0.0496. The summed E-state index contributed by atoms with van der Waals surface area (Å²) in [5, 5.41) is 5.81. The van der Waals surface area contributed by atoms with Crippen LogP contribution >= 0.6 is 0 Å². The Morgan fingerprint density at radius 2 is 1.68 bits per heavy atom. The highest BCUT2D eigenvalue weighted by Gasteiger charge is 2.16. The summed E-state index contributed by atoms with van der Waals surface area (Å²) in [5.74, 6) is -0.499. The molecule has 0 aliphatic rings. The molecule has 2 aromatic carbocycles. The number of amides is 1. The van der Waals surface area contributed by atoms with Crippen molar-refractivity contribution in [2.75, 3.05) is 17.2 Å². The number of benzene rings is 2. The van der Waals surface area contributed by atoms with Gasteiger partial charge in [0, 0.05) is 40.9 Å². The summed E-state index contributed by atoms with van der Waals surface area (Å²) in [6.07, 6.45) is 0. The molecule has 0 spiro atoms. The minimum atomic E-state index is -0.298. The van der Waals surface area contributed by atoms with E-state index in [1.807, 2.05) is 30.5 Å². The van der Waals surface area contributed by atoms with Crippen LogP contribution in [-0.2, 0) is 4.79 Å². The fraction of sp³-hybridized carbons (Fsp3) is 0.182. The van der Waals surface area contributed by atoms with Crippen LogP contribution in [0.2, 0.25) is 0 Å². The van der Waals surface area contributed by atoms with Crippen molar-refractivity contribution in [3.63, 3.8) is 0 Å². The van der Waals surface area contributed by atoms with Crippen LogP contribution in [0.4, 0.5) is 15.8 Å². The number of carbonyl (C=O) groups is 2. The molecule has 1 amide bonds. The van der Waals surface area contributed by atoms with Crippen molar-refractivity contribution >= 4 is 23.1 Å². The molecule has 2 N–H and O–H groups in total. The maximum atomic E-state index is 13.2. The van der Waals surface area contributed by atoms with Gasteiger partial charge in [-0.15, -0.1) is 0 Å². The first kappa shape index (κ1) is 19.4. The number of rotatable bonds is 6. The molecule has 0 atom stereocenters. The second-order valence-electron chi connectivity index (χ2n) is 6.64. The number of ketones is 1. The van der Waals surface area contributed by atoms with E-state index >= 15 is 0 Å². The zero-order valence-corrected chi connectivity index (χ0v) is 16.0. The molecule has 144 valence electrons. The lowest BCUT2D eigenvalue weighted by molar-refractivity contribution is -0.114. The van der Waals surface area contributed by atoms with Crippen LogP contribution < -0.4 is 10.6 Å². The fourth-order valence-electron chi connectivity index (χ4n) is 3.22. The van der Waals surface area contributed by atoms with Crippen molar-refractivity contribution in [2.45, 2.75) is 20.8 Å². The number of nitrogens with zero attached hydrogens (tertiary/aromatic N) is 1. The number of carbonyl (C=O) groups excluding carboxylic acids is 2. The van der Waals surface area contributed by atoms with Gasteiger partial charge in [-0.3, -0.25) is 9.59 Å². The molecular formula is C22H22FN3O2. The van der Waals surface area contributed by atoms with Crippen LogP contribution in [0.5, 0.6) is 0 Å². The number of aromatic nitrogens is 1. The number of nitrogens with one attached hydrogen (secondary N) is 2. The monoisotopic (exact) mass is 379 g/mol. The lowest BCUT2D eigenvalue weighted by atomic mass is 10.1. The van der Waals surface area contributed by atoms with Gasteiger partial charge in [-0.05, 0) is 62.4 Å². The third-order valence-electron chi connectivity index (χ3n) is 4.45. The lowest BCUT2D eigenvalue weighted by Crippen LogP contribution is -2.15. The molecule has 0 saturated heterocycles. The average molecular weight is 379 g/mol. The Morgan fingerprint density at radius 1 is 1.00 bits per heavy atom. The molecule has 0 aliphatic heterocycles. The summed E-state index contributed by atoms with van der Waals surface area (Å²) >= 11 is 0. The third kappa shape index (κ3) is 4.28. The van der Waals surface area contributed by atoms with Crippen LogP contribution in [0.15, 0.2) is 54.6 Å². The Morgan fingerprint density at radius 3 is 2.36 bits per heavy atom. The maximum absolute atomic E-state index is 13.2. The van der Waals surface area contributed by atoms with Crippen LogP contribution in [0.3, 0.4) is 0 Å². The molecule has 0 bridgehead atoms. The standard InChI is InChI=1S/C22H22FN3O2/c1-14-11-21(15(2)26(14)20-9-7-17(23)8-10-20)22(28)13-24-18-5-4-6-19(12-18)25-16(3)27/h4-12,24H,13H2,1-3H3,(H,25,27). The van der Waals surface area contributed by atoms with Gasteiger partial charge in [-0.1, -0.05) is 6.07 Å². The van der Waals surface area contributed by atoms with E-state index in [9.17, 15) is 14.0 Å². The largest absolute Gasteiger partial charge is 0.378 e.